The molecule has 4 nitrogen and oxygen atoms in total. The molecule has 1 aromatic rings. The number of nitrogens with two attached hydrogens (primary N) is 1. The van der Waals surface area contributed by atoms with Gasteiger partial charge < -0.3 is 15.8 Å². The van der Waals surface area contributed by atoms with E-state index in [-0.39, 0.29) is 35.7 Å². The molecule has 0 saturated heterocycles. The number of carbonyl (C=O) groups excluding carboxylic acids is 1. The van der Waals surface area contributed by atoms with Crippen LogP contribution in [0.25, 0.3) is 0 Å². The fourth-order valence-electron chi connectivity index (χ4n) is 2.41. The fraction of sp³-hybridized carbons (Fsp3) is 0.562. The van der Waals surface area contributed by atoms with E-state index < -0.39 is 0 Å². The first kappa shape index (κ1) is 17.8. The highest BCUT2D eigenvalue weighted by Crippen LogP contribution is 2.34. The predicted octanol–water partition coefficient (Wildman–Crippen LogP) is 2.46. The second-order valence-corrected chi connectivity index (χ2v) is 5.99. The van der Waals surface area contributed by atoms with Crippen molar-refractivity contribution in [2.45, 2.75) is 38.6 Å². The molecular formula is C16H25ClN2O2. The van der Waals surface area contributed by atoms with Crippen LogP contribution < -0.4 is 15.8 Å². The number of benzene rings is 1. The molecule has 2 unspecified atom stereocenters. The maximum atomic E-state index is 12.6. The second kappa shape index (κ2) is 7.14. The molecule has 118 valence electrons. The van der Waals surface area contributed by atoms with Gasteiger partial charge in [0, 0.05) is 12.1 Å². The van der Waals surface area contributed by atoms with Gasteiger partial charge in [0.25, 0.3) is 0 Å². The van der Waals surface area contributed by atoms with Crippen LogP contribution in [0.1, 0.15) is 38.7 Å². The Labute approximate surface area is 132 Å². The quantitative estimate of drug-likeness (QED) is 0.897. The molecule has 2 rings (SSSR count). The standard InChI is InChI=1S/C16H24N2O2.ClH/c1-11(2)16(3,10-17)18-15(19)13-8-9-20-14-7-5-4-6-12(13)14;/h4-7,11,13H,8-10,17H2,1-3H3,(H,18,19);1H. The maximum Gasteiger partial charge on any atom is 0.228 e. The van der Waals surface area contributed by atoms with E-state index in [9.17, 15) is 4.79 Å². The SMILES string of the molecule is CC(C)C(C)(CN)NC(=O)C1CCOc2ccccc21.Cl. The average Bonchev–Trinajstić information content (AvgIpc) is 2.46. The molecule has 1 amide bonds. The number of hydrogen-bond acceptors (Lipinski definition) is 3. The summed E-state index contributed by atoms with van der Waals surface area (Å²) in [6.07, 6.45) is 0.710. The average molecular weight is 313 g/mol. The number of para-hydroxylation sites is 1. The Morgan fingerprint density at radius 2 is 2.14 bits per heavy atom. The normalized spacial score (nSPS) is 19.8. The van der Waals surface area contributed by atoms with Crippen LogP contribution in [0.2, 0.25) is 0 Å². The summed E-state index contributed by atoms with van der Waals surface area (Å²) < 4.78 is 5.60. The molecule has 0 fully saturated rings. The van der Waals surface area contributed by atoms with Crippen molar-refractivity contribution in [3.05, 3.63) is 29.8 Å². The van der Waals surface area contributed by atoms with Crippen LogP contribution in [0.4, 0.5) is 0 Å². The Morgan fingerprint density at radius 3 is 2.76 bits per heavy atom. The minimum absolute atomic E-state index is 0. The predicted molar refractivity (Wildman–Crippen MR) is 87.0 cm³/mol. The van der Waals surface area contributed by atoms with Gasteiger partial charge in [0.1, 0.15) is 5.75 Å². The Balaban J connectivity index is 0.00000220. The highest BCUT2D eigenvalue weighted by atomic mass is 35.5. The third-order valence-electron chi connectivity index (χ3n) is 4.38. The number of halogens is 1. The van der Waals surface area contributed by atoms with Crippen LogP contribution in [-0.4, -0.2) is 24.6 Å². The fourth-order valence-corrected chi connectivity index (χ4v) is 2.41. The molecule has 5 heteroatoms. The number of nitrogens with one attached hydrogen (secondary N) is 1. The van der Waals surface area contributed by atoms with Crippen molar-refractivity contribution >= 4 is 18.3 Å². The minimum Gasteiger partial charge on any atom is -0.493 e. The molecule has 3 N–H and O–H groups in total. The van der Waals surface area contributed by atoms with Gasteiger partial charge in [-0.1, -0.05) is 32.0 Å². The van der Waals surface area contributed by atoms with Crippen molar-refractivity contribution in [1.29, 1.82) is 0 Å². The lowest BCUT2D eigenvalue weighted by Gasteiger charge is -2.36. The lowest BCUT2D eigenvalue weighted by molar-refractivity contribution is -0.125. The first-order chi connectivity index (χ1) is 9.48. The highest BCUT2D eigenvalue weighted by Gasteiger charge is 2.34. The topological polar surface area (TPSA) is 64.3 Å². The molecule has 0 bridgehead atoms. The van der Waals surface area contributed by atoms with Crippen molar-refractivity contribution < 1.29 is 9.53 Å². The van der Waals surface area contributed by atoms with E-state index >= 15 is 0 Å². The largest absolute Gasteiger partial charge is 0.493 e. The number of ether oxygens (including phenoxy) is 1. The van der Waals surface area contributed by atoms with Crippen LogP contribution in [0.5, 0.6) is 5.75 Å². The van der Waals surface area contributed by atoms with E-state index in [1.54, 1.807) is 0 Å². The lowest BCUT2D eigenvalue weighted by atomic mass is 9.86. The molecule has 0 spiro atoms. The van der Waals surface area contributed by atoms with Crippen molar-refractivity contribution in [1.82, 2.24) is 5.32 Å². The lowest BCUT2D eigenvalue weighted by Crippen LogP contribution is -2.56. The zero-order chi connectivity index (χ0) is 14.8. The second-order valence-electron chi connectivity index (χ2n) is 5.99. The summed E-state index contributed by atoms with van der Waals surface area (Å²) >= 11 is 0. The summed E-state index contributed by atoms with van der Waals surface area (Å²) in [5, 5.41) is 3.13. The van der Waals surface area contributed by atoms with Gasteiger partial charge in [-0.25, -0.2) is 0 Å². The van der Waals surface area contributed by atoms with Crippen LogP contribution in [-0.2, 0) is 4.79 Å². The smallest absolute Gasteiger partial charge is 0.228 e. The van der Waals surface area contributed by atoms with Crippen LogP contribution in [0, 0.1) is 5.92 Å². The molecule has 0 aliphatic carbocycles. The van der Waals surface area contributed by atoms with Crippen molar-refractivity contribution in [3.8, 4) is 5.75 Å². The molecule has 1 heterocycles. The molecule has 0 saturated carbocycles. The molecule has 0 aromatic heterocycles. The van der Waals surface area contributed by atoms with Gasteiger partial charge in [0.2, 0.25) is 5.91 Å². The zero-order valence-corrected chi connectivity index (χ0v) is 13.7. The summed E-state index contributed by atoms with van der Waals surface area (Å²) in [6, 6.07) is 7.75. The van der Waals surface area contributed by atoms with E-state index in [1.165, 1.54) is 0 Å². The van der Waals surface area contributed by atoms with Gasteiger partial charge in [-0.3, -0.25) is 4.79 Å². The number of amides is 1. The first-order valence-corrected chi connectivity index (χ1v) is 7.22. The number of carbonyl (C=O) groups is 1. The third kappa shape index (κ3) is 3.69. The van der Waals surface area contributed by atoms with Gasteiger partial charge >= 0.3 is 0 Å². The van der Waals surface area contributed by atoms with Crippen molar-refractivity contribution in [2.24, 2.45) is 11.7 Å². The van der Waals surface area contributed by atoms with Crippen LogP contribution in [0.15, 0.2) is 24.3 Å². The van der Waals surface area contributed by atoms with E-state index in [0.717, 1.165) is 11.3 Å². The summed E-state index contributed by atoms with van der Waals surface area (Å²) in [4.78, 5) is 12.6. The van der Waals surface area contributed by atoms with Gasteiger partial charge in [0.15, 0.2) is 0 Å². The zero-order valence-electron chi connectivity index (χ0n) is 12.9. The Hall–Kier alpha value is -1.26. The Morgan fingerprint density at radius 1 is 1.48 bits per heavy atom. The van der Waals surface area contributed by atoms with Crippen LogP contribution >= 0.6 is 12.4 Å². The van der Waals surface area contributed by atoms with Gasteiger partial charge in [-0.05, 0) is 25.3 Å². The van der Waals surface area contributed by atoms with E-state index in [0.29, 0.717) is 19.6 Å². The molecule has 0 radical (unpaired) electrons. The summed E-state index contributed by atoms with van der Waals surface area (Å²) in [7, 11) is 0. The first-order valence-electron chi connectivity index (χ1n) is 7.22. The van der Waals surface area contributed by atoms with Crippen molar-refractivity contribution in [3.63, 3.8) is 0 Å². The highest BCUT2D eigenvalue weighted by molar-refractivity contribution is 5.85. The summed E-state index contributed by atoms with van der Waals surface area (Å²) in [6.45, 7) is 7.16. The number of rotatable bonds is 4. The summed E-state index contributed by atoms with van der Waals surface area (Å²) in [5.41, 5.74) is 6.44. The van der Waals surface area contributed by atoms with E-state index in [4.69, 9.17) is 10.5 Å². The Bertz CT molecular complexity index is 493. The third-order valence-corrected chi connectivity index (χ3v) is 4.38. The van der Waals surface area contributed by atoms with Crippen LogP contribution in [0.3, 0.4) is 0 Å². The molecule has 21 heavy (non-hydrogen) atoms. The minimum atomic E-state index is -0.371. The summed E-state index contributed by atoms with van der Waals surface area (Å²) in [5.74, 6) is 0.997. The Kier molecular flexibility index (Phi) is 6.05. The van der Waals surface area contributed by atoms with Gasteiger partial charge in [-0.2, -0.15) is 0 Å². The monoisotopic (exact) mass is 312 g/mol. The molecule has 1 aliphatic rings. The van der Waals surface area contributed by atoms with Gasteiger partial charge in [0.05, 0.1) is 18.1 Å². The number of hydrogen-bond donors (Lipinski definition) is 2. The maximum absolute atomic E-state index is 12.6. The molecular weight excluding hydrogens is 288 g/mol. The number of fused-ring (bicyclic) bond motifs is 1. The molecule has 2 atom stereocenters. The van der Waals surface area contributed by atoms with E-state index in [1.807, 2.05) is 31.2 Å². The molecule has 1 aromatic carbocycles. The van der Waals surface area contributed by atoms with Crippen molar-refractivity contribution in [2.75, 3.05) is 13.2 Å². The van der Waals surface area contributed by atoms with E-state index in [2.05, 4.69) is 19.2 Å². The molecule has 1 aliphatic heterocycles. The van der Waals surface area contributed by atoms with Gasteiger partial charge in [-0.15, -0.1) is 12.4 Å².